The second-order valence-electron chi connectivity index (χ2n) is 11.4. The molecule has 0 saturated carbocycles. The number of unbranched alkanes of at least 4 members (excludes halogenated alkanes) is 6. The van der Waals surface area contributed by atoms with Crippen LogP contribution in [0.3, 0.4) is 0 Å². The maximum Gasteiger partial charge on any atom is 0.0683 e. The van der Waals surface area contributed by atoms with E-state index >= 15 is 0 Å². The Morgan fingerprint density at radius 3 is 1.79 bits per heavy atom. The van der Waals surface area contributed by atoms with Crippen LogP contribution in [0.1, 0.15) is 126 Å². The highest BCUT2D eigenvalue weighted by atomic mass is 16.7. The number of piperidine rings is 1. The molecule has 1 aliphatic heterocycles. The summed E-state index contributed by atoms with van der Waals surface area (Å²) < 4.78 is 6.31. The van der Waals surface area contributed by atoms with Gasteiger partial charge in [-0.2, -0.15) is 5.06 Å². The molecule has 28 heavy (non-hydrogen) atoms. The molecule has 1 fully saturated rings. The number of ether oxygens (including phenoxy) is 1. The van der Waals surface area contributed by atoms with Crippen LogP contribution < -0.4 is 0 Å². The van der Waals surface area contributed by atoms with Crippen LogP contribution in [0.4, 0.5) is 0 Å². The largest absolute Gasteiger partial charge is 0.378 e. The third-order valence-electron chi connectivity index (χ3n) is 5.90. The molecule has 1 saturated heterocycles. The Morgan fingerprint density at radius 2 is 1.29 bits per heavy atom. The van der Waals surface area contributed by atoms with E-state index in [0.717, 1.165) is 32.5 Å². The van der Waals surface area contributed by atoms with Gasteiger partial charge in [-0.05, 0) is 65.2 Å². The molecule has 168 valence electrons. The van der Waals surface area contributed by atoms with Gasteiger partial charge in [0.1, 0.15) is 0 Å². The van der Waals surface area contributed by atoms with E-state index in [1.165, 1.54) is 51.4 Å². The van der Waals surface area contributed by atoms with Gasteiger partial charge in [0.25, 0.3) is 0 Å². The van der Waals surface area contributed by atoms with Gasteiger partial charge >= 0.3 is 0 Å². The minimum Gasteiger partial charge on any atom is -0.378 e. The zero-order chi connectivity index (χ0) is 21.3. The highest BCUT2D eigenvalue weighted by Gasteiger charge is 2.46. The second-order valence-corrected chi connectivity index (χ2v) is 11.4. The van der Waals surface area contributed by atoms with Crippen molar-refractivity contribution in [3.05, 3.63) is 0 Å². The molecule has 0 aliphatic carbocycles. The first-order valence-corrected chi connectivity index (χ1v) is 12.0. The molecule has 0 radical (unpaired) electrons. The summed E-state index contributed by atoms with van der Waals surface area (Å²) in [6, 6.07) is 0. The summed E-state index contributed by atoms with van der Waals surface area (Å²) in [6.45, 7) is 20.1. The molecular weight excluding hydrogens is 346 g/mol. The zero-order valence-electron chi connectivity index (χ0n) is 20.5. The lowest BCUT2D eigenvalue weighted by Gasteiger charge is -2.53. The molecular formula is C25H51NO2. The molecule has 1 aliphatic rings. The van der Waals surface area contributed by atoms with Crippen molar-refractivity contribution in [2.24, 2.45) is 5.41 Å². The van der Waals surface area contributed by atoms with E-state index < -0.39 is 0 Å². The fourth-order valence-corrected chi connectivity index (χ4v) is 4.71. The Morgan fingerprint density at radius 1 is 0.786 bits per heavy atom. The zero-order valence-corrected chi connectivity index (χ0v) is 20.5. The Labute approximate surface area is 176 Å². The quantitative estimate of drug-likeness (QED) is 0.300. The third-order valence-corrected chi connectivity index (χ3v) is 5.90. The van der Waals surface area contributed by atoms with Crippen LogP contribution in [-0.2, 0) is 9.57 Å². The predicted molar refractivity (Wildman–Crippen MR) is 122 cm³/mol. The number of rotatable bonds is 13. The summed E-state index contributed by atoms with van der Waals surface area (Å²) in [4.78, 5) is 6.11. The van der Waals surface area contributed by atoms with E-state index in [2.05, 4.69) is 60.5 Å². The first-order chi connectivity index (χ1) is 13.0. The SMILES string of the molecule is CCCON1C(C)(C)CC(OCCCCCCCCCC(C)(C)C)CC1(C)C. The minimum atomic E-state index is 0.0225. The average Bonchev–Trinajstić information content (AvgIpc) is 2.53. The highest BCUT2D eigenvalue weighted by molar-refractivity contribution is 4.97. The Hall–Kier alpha value is -0.120. The molecule has 0 aromatic carbocycles. The predicted octanol–water partition coefficient (Wildman–Crippen LogP) is 7.53. The number of hydrogen-bond donors (Lipinski definition) is 0. The molecule has 1 rings (SSSR count). The molecule has 0 N–H and O–H groups in total. The van der Waals surface area contributed by atoms with Crippen LogP contribution in [-0.4, -0.2) is 35.5 Å². The molecule has 0 amide bonds. The second kappa shape index (κ2) is 11.9. The minimum absolute atomic E-state index is 0.0225. The number of hydroxylamine groups is 2. The van der Waals surface area contributed by atoms with Crippen molar-refractivity contribution in [1.29, 1.82) is 0 Å². The Balaban J connectivity index is 2.16. The van der Waals surface area contributed by atoms with E-state index in [0.29, 0.717) is 11.5 Å². The van der Waals surface area contributed by atoms with Crippen LogP contribution in [0, 0.1) is 5.41 Å². The van der Waals surface area contributed by atoms with E-state index in [9.17, 15) is 0 Å². The molecule has 3 nitrogen and oxygen atoms in total. The monoisotopic (exact) mass is 397 g/mol. The standard InChI is InChI=1S/C25H51NO2/c1-9-18-28-26-24(5,6)20-22(21-25(26,7)8)27-19-16-14-12-10-11-13-15-17-23(2,3)4/h22H,9-21H2,1-8H3. The van der Waals surface area contributed by atoms with Gasteiger partial charge in [0.15, 0.2) is 0 Å². The lowest BCUT2D eigenvalue weighted by molar-refractivity contribution is -0.294. The number of nitrogens with zero attached hydrogens (tertiary/aromatic N) is 1. The third kappa shape index (κ3) is 10.1. The first-order valence-electron chi connectivity index (χ1n) is 12.0. The van der Waals surface area contributed by atoms with Crippen LogP contribution in [0.15, 0.2) is 0 Å². The van der Waals surface area contributed by atoms with Crippen molar-refractivity contribution < 1.29 is 9.57 Å². The summed E-state index contributed by atoms with van der Waals surface area (Å²) >= 11 is 0. The van der Waals surface area contributed by atoms with Gasteiger partial charge in [-0.25, -0.2) is 0 Å². The Bertz CT molecular complexity index is 393. The van der Waals surface area contributed by atoms with Gasteiger partial charge in [-0.3, -0.25) is 4.84 Å². The van der Waals surface area contributed by atoms with Crippen LogP contribution in [0.2, 0.25) is 0 Å². The van der Waals surface area contributed by atoms with Crippen molar-refractivity contribution in [3.63, 3.8) is 0 Å². The van der Waals surface area contributed by atoms with Gasteiger partial charge in [0.05, 0.1) is 12.7 Å². The lowest BCUT2D eigenvalue weighted by atomic mass is 9.80. The molecule has 0 aromatic heterocycles. The normalized spacial score (nSPS) is 20.6. The molecule has 3 heteroatoms. The fourth-order valence-electron chi connectivity index (χ4n) is 4.71. The lowest BCUT2D eigenvalue weighted by Crippen LogP contribution is -2.61. The van der Waals surface area contributed by atoms with Crippen LogP contribution in [0.5, 0.6) is 0 Å². The first kappa shape index (κ1) is 25.9. The fraction of sp³-hybridized carbons (Fsp3) is 1.00. The van der Waals surface area contributed by atoms with Gasteiger partial charge in [-0.15, -0.1) is 0 Å². The topological polar surface area (TPSA) is 21.7 Å². The van der Waals surface area contributed by atoms with Crippen molar-refractivity contribution in [2.45, 2.75) is 143 Å². The van der Waals surface area contributed by atoms with Gasteiger partial charge in [-0.1, -0.05) is 66.2 Å². The smallest absolute Gasteiger partial charge is 0.0683 e. The summed E-state index contributed by atoms with van der Waals surface area (Å²) in [5.41, 5.74) is 0.544. The molecule has 0 unspecified atom stereocenters. The summed E-state index contributed by atoms with van der Waals surface area (Å²) in [6.07, 6.45) is 14.3. The molecule has 0 aromatic rings. The number of hydrogen-bond acceptors (Lipinski definition) is 3. The molecule has 0 spiro atoms. The van der Waals surface area contributed by atoms with Crippen molar-refractivity contribution in [1.82, 2.24) is 5.06 Å². The van der Waals surface area contributed by atoms with E-state index in [1.54, 1.807) is 0 Å². The van der Waals surface area contributed by atoms with Crippen molar-refractivity contribution in [3.8, 4) is 0 Å². The highest BCUT2D eigenvalue weighted by Crippen LogP contribution is 2.39. The summed E-state index contributed by atoms with van der Waals surface area (Å²) in [5.74, 6) is 0. The molecule has 1 heterocycles. The van der Waals surface area contributed by atoms with Crippen molar-refractivity contribution in [2.75, 3.05) is 13.2 Å². The van der Waals surface area contributed by atoms with E-state index in [1.807, 2.05) is 0 Å². The molecule has 0 bridgehead atoms. The van der Waals surface area contributed by atoms with Crippen LogP contribution >= 0.6 is 0 Å². The maximum atomic E-state index is 6.31. The Kier molecular flexibility index (Phi) is 11.0. The molecule has 0 atom stereocenters. The van der Waals surface area contributed by atoms with Crippen molar-refractivity contribution >= 4 is 0 Å². The van der Waals surface area contributed by atoms with Crippen LogP contribution in [0.25, 0.3) is 0 Å². The van der Waals surface area contributed by atoms with Gasteiger partial charge in [0, 0.05) is 17.7 Å². The van der Waals surface area contributed by atoms with E-state index in [4.69, 9.17) is 9.57 Å². The average molecular weight is 398 g/mol. The van der Waals surface area contributed by atoms with Gasteiger partial charge < -0.3 is 4.74 Å². The summed E-state index contributed by atoms with van der Waals surface area (Å²) in [5, 5.41) is 2.24. The van der Waals surface area contributed by atoms with E-state index in [-0.39, 0.29) is 11.1 Å². The summed E-state index contributed by atoms with van der Waals surface area (Å²) in [7, 11) is 0. The maximum absolute atomic E-state index is 6.31. The van der Waals surface area contributed by atoms with Gasteiger partial charge in [0.2, 0.25) is 0 Å².